The molecule has 0 amide bonds. The third kappa shape index (κ3) is 3.48. The summed E-state index contributed by atoms with van der Waals surface area (Å²) >= 11 is 0. The van der Waals surface area contributed by atoms with Crippen LogP contribution in [0.5, 0.6) is 0 Å². The van der Waals surface area contributed by atoms with Crippen LogP contribution in [0.15, 0.2) is 61.3 Å². The van der Waals surface area contributed by atoms with E-state index in [0.717, 1.165) is 42.7 Å². The van der Waals surface area contributed by atoms with Gasteiger partial charge in [-0.2, -0.15) is 5.10 Å². The first-order chi connectivity index (χ1) is 15.7. The molecule has 6 rings (SSSR count). The maximum Gasteiger partial charge on any atom is 0.0995 e. The standard InChI is InChI=1S/C26H29N5O/c1-29-16-21(14-28-29)18-4-6-22(7-5-18)30-12-10-20(11-13-30)26(32)25-24(19-2-3-19)9-8-23-15-27-17-31(23)25/h4-9,14-17,19-20,26,32H,2-3,10-13H2,1H3. The lowest BCUT2D eigenvalue weighted by molar-refractivity contribution is 0.0871. The van der Waals surface area contributed by atoms with Crippen LogP contribution in [-0.2, 0) is 7.05 Å². The minimum absolute atomic E-state index is 0.270. The van der Waals surface area contributed by atoms with Crippen LogP contribution < -0.4 is 4.90 Å². The molecule has 1 atom stereocenters. The van der Waals surface area contributed by atoms with Gasteiger partial charge in [-0.15, -0.1) is 0 Å². The predicted molar refractivity (Wildman–Crippen MR) is 126 cm³/mol. The van der Waals surface area contributed by atoms with Crippen LogP contribution >= 0.6 is 0 Å². The molecule has 1 N–H and O–H groups in total. The van der Waals surface area contributed by atoms with Gasteiger partial charge < -0.3 is 14.4 Å². The Bertz CT molecular complexity index is 1230. The molecule has 1 aliphatic carbocycles. The third-order valence-corrected chi connectivity index (χ3v) is 7.21. The van der Waals surface area contributed by atoms with E-state index in [0.29, 0.717) is 5.92 Å². The molecule has 0 radical (unpaired) electrons. The van der Waals surface area contributed by atoms with Crippen LogP contribution in [-0.4, -0.2) is 37.4 Å². The third-order valence-electron chi connectivity index (χ3n) is 7.21. The molecule has 1 aromatic carbocycles. The van der Waals surface area contributed by atoms with Crippen LogP contribution in [0.2, 0.25) is 0 Å². The number of pyridine rings is 1. The summed E-state index contributed by atoms with van der Waals surface area (Å²) in [5.41, 5.74) is 7.03. The molecule has 4 aromatic rings. The van der Waals surface area contributed by atoms with E-state index in [1.165, 1.54) is 29.7 Å². The maximum absolute atomic E-state index is 11.5. The van der Waals surface area contributed by atoms with Gasteiger partial charge >= 0.3 is 0 Å². The number of aliphatic hydroxyl groups is 1. The van der Waals surface area contributed by atoms with Crippen molar-refractivity contribution in [3.8, 4) is 11.1 Å². The summed E-state index contributed by atoms with van der Waals surface area (Å²) in [6.45, 7) is 1.93. The lowest BCUT2D eigenvalue weighted by Crippen LogP contribution is -2.36. The van der Waals surface area contributed by atoms with Crippen molar-refractivity contribution in [2.24, 2.45) is 13.0 Å². The van der Waals surface area contributed by atoms with E-state index < -0.39 is 6.10 Å². The van der Waals surface area contributed by atoms with Gasteiger partial charge in [0.15, 0.2) is 0 Å². The Morgan fingerprint density at radius 1 is 0.938 bits per heavy atom. The highest BCUT2D eigenvalue weighted by Gasteiger charge is 2.34. The van der Waals surface area contributed by atoms with Gasteiger partial charge in [-0.1, -0.05) is 18.2 Å². The topological polar surface area (TPSA) is 58.6 Å². The van der Waals surface area contributed by atoms with Crippen LogP contribution in [0, 0.1) is 5.92 Å². The van der Waals surface area contributed by atoms with Crippen LogP contribution in [0.25, 0.3) is 16.6 Å². The largest absolute Gasteiger partial charge is 0.387 e. The molecule has 6 heteroatoms. The Kier molecular flexibility index (Phi) is 4.76. The molecular formula is C26H29N5O. The number of fused-ring (bicyclic) bond motifs is 1. The van der Waals surface area contributed by atoms with E-state index in [1.807, 2.05) is 36.6 Å². The Morgan fingerprint density at radius 3 is 2.41 bits per heavy atom. The predicted octanol–water partition coefficient (Wildman–Crippen LogP) is 4.56. The number of imidazole rings is 1. The average Bonchev–Trinajstić information content (AvgIpc) is 3.40. The highest BCUT2D eigenvalue weighted by Crippen LogP contribution is 2.45. The SMILES string of the molecule is Cn1cc(-c2ccc(N3CCC(C(O)c4c(C5CC5)ccc5cncn45)CC3)cc2)cn1. The van der Waals surface area contributed by atoms with E-state index in [9.17, 15) is 5.11 Å². The van der Waals surface area contributed by atoms with Crippen LogP contribution in [0.3, 0.4) is 0 Å². The lowest BCUT2D eigenvalue weighted by atomic mass is 9.87. The number of anilines is 1. The number of hydrogen-bond acceptors (Lipinski definition) is 4. The molecule has 3 aromatic heterocycles. The molecule has 0 bridgehead atoms. The van der Waals surface area contributed by atoms with Crippen molar-refractivity contribution in [3.05, 3.63) is 72.6 Å². The first-order valence-corrected chi connectivity index (χ1v) is 11.6. The Hall–Kier alpha value is -3.12. The fraction of sp³-hybridized carbons (Fsp3) is 0.385. The number of rotatable bonds is 5. The molecule has 1 saturated heterocycles. The molecule has 164 valence electrons. The molecule has 2 fully saturated rings. The molecule has 2 aliphatic rings. The minimum atomic E-state index is -0.446. The molecule has 1 saturated carbocycles. The van der Waals surface area contributed by atoms with E-state index in [-0.39, 0.29) is 5.92 Å². The van der Waals surface area contributed by atoms with Gasteiger partial charge in [-0.3, -0.25) is 4.68 Å². The molecule has 32 heavy (non-hydrogen) atoms. The zero-order valence-electron chi connectivity index (χ0n) is 18.4. The molecule has 4 heterocycles. The fourth-order valence-electron chi connectivity index (χ4n) is 5.21. The Labute approximate surface area is 188 Å². The normalized spacial score (nSPS) is 18.4. The summed E-state index contributed by atoms with van der Waals surface area (Å²) in [6, 6.07) is 13.1. The zero-order valence-corrected chi connectivity index (χ0v) is 18.4. The van der Waals surface area contributed by atoms with E-state index >= 15 is 0 Å². The van der Waals surface area contributed by atoms with Gasteiger partial charge in [0.25, 0.3) is 0 Å². The highest BCUT2D eigenvalue weighted by atomic mass is 16.3. The summed E-state index contributed by atoms with van der Waals surface area (Å²) in [5.74, 6) is 0.872. The van der Waals surface area contributed by atoms with Crippen molar-refractivity contribution in [1.29, 1.82) is 0 Å². The summed E-state index contributed by atoms with van der Waals surface area (Å²) in [5, 5.41) is 15.7. The van der Waals surface area contributed by atoms with E-state index in [2.05, 4.69) is 55.8 Å². The van der Waals surface area contributed by atoms with E-state index in [4.69, 9.17) is 0 Å². The average molecular weight is 428 g/mol. The first-order valence-electron chi connectivity index (χ1n) is 11.6. The summed E-state index contributed by atoms with van der Waals surface area (Å²) in [7, 11) is 1.94. The number of benzene rings is 1. The number of aryl methyl sites for hydroxylation is 1. The van der Waals surface area contributed by atoms with Gasteiger partial charge in [0.1, 0.15) is 0 Å². The summed E-state index contributed by atoms with van der Waals surface area (Å²) in [4.78, 5) is 6.77. The van der Waals surface area contributed by atoms with Crippen molar-refractivity contribution in [3.63, 3.8) is 0 Å². The molecule has 1 unspecified atom stereocenters. The van der Waals surface area contributed by atoms with Crippen molar-refractivity contribution in [1.82, 2.24) is 19.2 Å². The summed E-state index contributed by atoms with van der Waals surface area (Å²) in [6.07, 6.45) is 11.7. The Balaban J connectivity index is 1.17. The van der Waals surface area contributed by atoms with Gasteiger partial charge in [-0.05, 0) is 66.8 Å². The second-order valence-electron chi connectivity index (χ2n) is 9.36. The fourth-order valence-corrected chi connectivity index (χ4v) is 5.21. The van der Waals surface area contributed by atoms with Crippen molar-refractivity contribution in [2.45, 2.75) is 37.7 Å². The number of piperidine rings is 1. The smallest absolute Gasteiger partial charge is 0.0995 e. The monoisotopic (exact) mass is 427 g/mol. The maximum atomic E-state index is 11.5. The second-order valence-corrected chi connectivity index (χ2v) is 9.36. The van der Waals surface area contributed by atoms with Gasteiger partial charge in [0.05, 0.1) is 36.0 Å². The van der Waals surface area contributed by atoms with Gasteiger partial charge in [0, 0.05) is 37.6 Å². The second kappa shape index (κ2) is 7.78. The van der Waals surface area contributed by atoms with Gasteiger partial charge in [0.2, 0.25) is 0 Å². The van der Waals surface area contributed by atoms with Crippen LogP contribution in [0.1, 0.15) is 49.0 Å². The number of nitrogens with zero attached hydrogens (tertiary/aromatic N) is 5. The van der Waals surface area contributed by atoms with Gasteiger partial charge in [-0.25, -0.2) is 4.98 Å². The molecule has 1 aliphatic heterocycles. The Morgan fingerprint density at radius 2 is 1.72 bits per heavy atom. The highest BCUT2D eigenvalue weighted by molar-refractivity contribution is 5.65. The van der Waals surface area contributed by atoms with Crippen molar-refractivity contribution < 1.29 is 5.11 Å². The van der Waals surface area contributed by atoms with Crippen molar-refractivity contribution in [2.75, 3.05) is 18.0 Å². The zero-order chi connectivity index (χ0) is 21.7. The molecule has 0 spiro atoms. The quantitative estimate of drug-likeness (QED) is 0.507. The minimum Gasteiger partial charge on any atom is -0.387 e. The number of aliphatic hydroxyl groups excluding tert-OH is 1. The van der Waals surface area contributed by atoms with E-state index in [1.54, 1.807) is 0 Å². The summed E-state index contributed by atoms with van der Waals surface area (Å²) < 4.78 is 3.94. The van der Waals surface area contributed by atoms with Crippen molar-refractivity contribution >= 4 is 11.2 Å². The number of hydrogen-bond donors (Lipinski definition) is 1. The molecular weight excluding hydrogens is 398 g/mol. The first kappa shape index (κ1) is 19.6. The number of aromatic nitrogens is 4. The van der Waals surface area contributed by atoms with Crippen LogP contribution in [0.4, 0.5) is 5.69 Å². The lowest BCUT2D eigenvalue weighted by Gasteiger charge is -2.36. The molecule has 6 nitrogen and oxygen atoms in total.